The quantitative estimate of drug-likeness (QED) is 0.391. The molecular formula is C12H21N2O2+. The average molecular weight is 225 g/mol. The molecule has 0 amide bonds. The first kappa shape index (κ1) is 13.0. The summed E-state index contributed by atoms with van der Waals surface area (Å²) in [5.74, 6) is 0. The van der Waals surface area contributed by atoms with Gasteiger partial charge in [-0.3, -0.25) is 0 Å². The number of nitrogens with zero attached hydrogens (tertiary/aromatic N) is 2. The van der Waals surface area contributed by atoms with Gasteiger partial charge in [-0.05, 0) is 10.9 Å². The minimum atomic E-state index is 0.150. The Morgan fingerprint density at radius 2 is 1.94 bits per heavy atom. The van der Waals surface area contributed by atoms with E-state index in [1.807, 2.05) is 19.2 Å². The van der Waals surface area contributed by atoms with Crippen molar-refractivity contribution in [2.45, 2.75) is 19.1 Å². The second-order valence-electron chi connectivity index (χ2n) is 3.86. The van der Waals surface area contributed by atoms with Crippen LogP contribution in [0.5, 0.6) is 0 Å². The van der Waals surface area contributed by atoms with Gasteiger partial charge in [0.2, 0.25) is 6.04 Å². The second kappa shape index (κ2) is 4.82. The molecule has 0 radical (unpaired) electrons. The Morgan fingerprint density at radius 3 is 2.31 bits per heavy atom. The van der Waals surface area contributed by atoms with Crippen LogP contribution < -0.4 is 0 Å². The van der Waals surface area contributed by atoms with Crippen molar-refractivity contribution < 1.29 is 14.5 Å². The number of hydrogen-bond acceptors (Lipinski definition) is 3. The fourth-order valence-electron chi connectivity index (χ4n) is 2.08. The highest BCUT2D eigenvalue weighted by Gasteiger charge is 2.72. The number of hydrogen-bond donors (Lipinski definition) is 0. The molecular weight excluding hydrogens is 204 g/mol. The van der Waals surface area contributed by atoms with Crippen molar-refractivity contribution in [2.75, 3.05) is 21.3 Å². The molecule has 0 bridgehead atoms. The van der Waals surface area contributed by atoms with Crippen LogP contribution >= 0.6 is 0 Å². The third kappa shape index (κ3) is 1.91. The summed E-state index contributed by atoms with van der Waals surface area (Å²) < 4.78 is 0. The maximum Gasteiger partial charge on any atom is 0.285 e. The molecule has 0 spiro atoms. The molecule has 1 heterocycles. The van der Waals surface area contributed by atoms with Crippen LogP contribution in [0.4, 0.5) is 0 Å². The first-order valence-corrected chi connectivity index (χ1v) is 5.25. The highest BCUT2D eigenvalue weighted by atomic mass is 17.0. The molecule has 4 nitrogen and oxygen atoms in total. The van der Waals surface area contributed by atoms with Gasteiger partial charge in [0.25, 0.3) is 6.17 Å². The molecule has 1 saturated heterocycles. The molecule has 0 saturated carbocycles. The zero-order valence-corrected chi connectivity index (χ0v) is 10.5. The summed E-state index contributed by atoms with van der Waals surface area (Å²) >= 11 is 0. The average Bonchev–Trinajstić information content (AvgIpc) is 2.90. The minimum absolute atomic E-state index is 0.150. The number of likely N-dealkylation sites (N-methyl/N-ethyl adjacent to an activating group) is 1. The summed E-state index contributed by atoms with van der Waals surface area (Å²) in [6, 6.07) is 0.272. The molecule has 0 aromatic heterocycles. The van der Waals surface area contributed by atoms with Crippen molar-refractivity contribution in [3.05, 3.63) is 37.1 Å². The van der Waals surface area contributed by atoms with Gasteiger partial charge in [0.05, 0.1) is 14.2 Å². The predicted molar refractivity (Wildman–Crippen MR) is 63.8 cm³/mol. The smallest absolute Gasteiger partial charge is 0.285 e. The molecule has 2 atom stereocenters. The van der Waals surface area contributed by atoms with Gasteiger partial charge in [-0.1, -0.05) is 25.3 Å². The highest BCUT2D eigenvalue weighted by molar-refractivity contribution is 5.18. The van der Waals surface area contributed by atoms with E-state index in [1.54, 1.807) is 20.3 Å². The fraction of sp³-hybridized carbons (Fsp3) is 0.500. The van der Waals surface area contributed by atoms with Crippen molar-refractivity contribution in [2.24, 2.45) is 0 Å². The first-order valence-electron chi connectivity index (χ1n) is 5.25. The highest BCUT2D eigenvalue weighted by Crippen LogP contribution is 2.42. The van der Waals surface area contributed by atoms with E-state index in [9.17, 15) is 0 Å². The van der Waals surface area contributed by atoms with Crippen molar-refractivity contribution >= 4 is 0 Å². The topological polar surface area (TPSA) is 21.7 Å². The second-order valence-corrected chi connectivity index (χ2v) is 3.86. The van der Waals surface area contributed by atoms with Crippen molar-refractivity contribution in [1.29, 1.82) is 0 Å². The number of rotatable bonds is 6. The molecule has 1 rings (SSSR count). The van der Waals surface area contributed by atoms with Gasteiger partial charge < -0.3 is 4.90 Å². The lowest BCUT2D eigenvalue weighted by molar-refractivity contribution is -1.17. The monoisotopic (exact) mass is 225 g/mol. The van der Waals surface area contributed by atoms with Crippen LogP contribution in [0.1, 0.15) is 6.92 Å². The summed E-state index contributed by atoms with van der Waals surface area (Å²) in [5, 5.41) is 0. The molecule has 1 fully saturated rings. The van der Waals surface area contributed by atoms with Gasteiger partial charge in [-0.15, -0.1) is 0 Å². The minimum Gasteiger partial charge on any atom is -0.316 e. The van der Waals surface area contributed by atoms with Gasteiger partial charge >= 0.3 is 0 Å². The Bertz CT molecular complexity index is 308. The van der Waals surface area contributed by atoms with Crippen LogP contribution in [-0.2, 0) is 9.68 Å². The summed E-state index contributed by atoms with van der Waals surface area (Å²) in [7, 11) is 5.28. The van der Waals surface area contributed by atoms with Gasteiger partial charge in [0.15, 0.2) is 0 Å². The molecule has 0 aliphatic carbocycles. The Kier molecular flexibility index (Phi) is 3.91. The summed E-state index contributed by atoms with van der Waals surface area (Å²) in [6.07, 6.45) is 5.65. The Hall–Kier alpha value is -1.10. The van der Waals surface area contributed by atoms with E-state index in [0.29, 0.717) is 0 Å². The maximum atomic E-state index is 5.39. The Balaban J connectivity index is 2.70. The van der Waals surface area contributed by atoms with Crippen LogP contribution in [0, 0.1) is 0 Å². The van der Waals surface area contributed by atoms with Gasteiger partial charge in [0, 0.05) is 19.7 Å². The van der Waals surface area contributed by atoms with E-state index < -0.39 is 0 Å². The largest absolute Gasteiger partial charge is 0.316 e. The van der Waals surface area contributed by atoms with E-state index >= 15 is 0 Å². The molecule has 90 valence electrons. The third-order valence-corrected chi connectivity index (χ3v) is 3.12. The van der Waals surface area contributed by atoms with E-state index in [0.717, 1.165) is 5.70 Å². The van der Waals surface area contributed by atoms with Crippen LogP contribution in [-0.4, -0.2) is 43.2 Å². The van der Waals surface area contributed by atoms with E-state index in [1.165, 1.54) is 0 Å². The van der Waals surface area contributed by atoms with Crippen molar-refractivity contribution in [1.82, 2.24) is 4.90 Å². The van der Waals surface area contributed by atoms with E-state index in [2.05, 4.69) is 25.0 Å². The van der Waals surface area contributed by atoms with Crippen molar-refractivity contribution in [3.8, 4) is 0 Å². The van der Waals surface area contributed by atoms with Crippen LogP contribution in [0.2, 0.25) is 0 Å². The van der Waals surface area contributed by atoms with Gasteiger partial charge in [-0.25, -0.2) is 0 Å². The lowest BCUT2D eigenvalue weighted by Gasteiger charge is -2.19. The summed E-state index contributed by atoms with van der Waals surface area (Å²) in [4.78, 5) is 13.0. The lowest BCUT2D eigenvalue weighted by atomic mass is 10.3. The molecule has 4 heteroatoms. The number of hydroxylamine groups is 4. The molecule has 0 N–H and O–H groups in total. The lowest BCUT2D eigenvalue weighted by Crippen LogP contribution is -2.34. The molecule has 0 aromatic rings. The van der Waals surface area contributed by atoms with Gasteiger partial charge in [0.1, 0.15) is 0 Å². The predicted octanol–water partition coefficient (Wildman–Crippen LogP) is 1.84. The molecule has 16 heavy (non-hydrogen) atoms. The first-order chi connectivity index (χ1) is 7.55. The summed E-state index contributed by atoms with van der Waals surface area (Å²) in [6.45, 7) is 9.70. The molecule has 2 unspecified atom stereocenters. The van der Waals surface area contributed by atoms with Crippen LogP contribution in [0.25, 0.3) is 0 Å². The normalized spacial score (nSPS) is 26.8. The zero-order chi connectivity index (χ0) is 12.3. The van der Waals surface area contributed by atoms with Crippen molar-refractivity contribution in [3.63, 3.8) is 0 Å². The van der Waals surface area contributed by atoms with Crippen LogP contribution in [0.15, 0.2) is 37.1 Å². The Labute approximate surface area is 97.5 Å². The standard InChI is InChI=1S/C12H21N2O2/c1-7-8-9-10(2)13(4)12-11(3)14(12,15-5)16-6/h7-9,11-12H,1-2H2,3-6H3/q+1/b9-8-. The van der Waals surface area contributed by atoms with Gasteiger partial charge in [-0.2, -0.15) is 9.68 Å². The summed E-state index contributed by atoms with van der Waals surface area (Å²) in [5.41, 5.74) is 0.908. The van der Waals surface area contributed by atoms with Crippen LogP contribution in [0.3, 0.4) is 0 Å². The molecule has 1 aliphatic heterocycles. The van der Waals surface area contributed by atoms with E-state index in [4.69, 9.17) is 9.68 Å². The SMILES string of the molecule is C=C/C=C\C(=C)N(C)C1C(C)[N+]1(OC)OC. The molecule has 0 aromatic carbocycles. The van der Waals surface area contributed by atoms with E-state index in [-0.39, 0.29) is 17.0 Å². The number of quaternary nitrogens is 1. The maximum absolute atomic E-state index is 5.39. The fourth-order valence-corrected chi connectivity index (χ4v) is 2.08. The molecule has 1 aliphatic rings. The Morgan fingerprint density at radius 1 is 1.38 bits per heavy atom. The third-order valence-electron chi connectivity index (χ3n) is 3.12. The number of allylic oxidation sites excluding steroid dienone is 3. The zero-order valence-electron chi connectivity index (χ0n) is 10.5.